The Bertz CT molecular complexity index is 340. The molecule has 0 saturated heterocycles. The van der Waals surface area contributed by atoms with Crippen LogP contribution in [0.1, 0.15) is 111 Å². The Hall–Kier alpha value is 0.383. The molecule has 0 unspecified atom stereocenters. The Morgan fingerprint density at radius 1 is 0.276 bits per heavy atom. The molecule has 5 heteroatoms. The van der Waals surface area contributed by atoms with E-state index in [4.69, 9.17) is 0 Å². The first-order chi connectivity index (χ1) is 13.1. The third kappa shape index (κ3) is 6.21. The van der Waals surface area contributed by atoms with Gasteiger partial charge in [0.25, 0.3) is 0 Å². The van der Waals surface area contributed by atoms with E-state index in [0.717, 1.165) is 0 Å². The van der Waals surface area contributed by atoms with Gasteiger partial charge in [-0.05, 0) is 0 Å². The molecule has 0 aliphatic rings. The Labute approximate surface area is 188 Å². The molecular formula is C24H56GeN4. The molecule has 0 aliphatic carbocycles. The molecule has 0 amide bonds. The van der Waals surface area contributed by atoms with E-state index in [0.29, 0.717) is 48.3 Å². The molecule has 0 spiro atoms. The molecule has 0 saturated carbocycles. The molecular weight excluding hydrogens is 417 g/mol. The fourth-order valence-electron chi connectivity index (χ4n) is 5.96. The second-order valence-electron chi connectivity index (χ2n) is 11.0. The van der Waals surface area contributed by atoms with Crippen LogP contribution in [-0.2, 0) is 0 Å². The Morgan fingerprint density at radius 3 is 0.448 bits per heavy atom. The van der Waals surface area contributed by atoms with E-state index in [2.05, 4.69) is 126 Å². The van der Waals surface area contributed by atoms with Crippen molar-refractivity contribution >= 4 is 14.2 Å². The van der Waals surface area contributed by atoms with E-state index in [-0.39, 0.29) is 0 Å². The summed E-state index contributed by atoms with van der Waals surface area (Å²) in [4.78, 5) is 0. The fourth-order valence-corrected chi connectivity index (χ4v) is 20.9. The van der Waals surface area contributed by atoms with Crippen LogP contribution in [-0.4, -0.2) is 77.9 Å². The zero-order valence-electron chi connectivity index (χ0n) is 22.9. The molecule has 0 aromatic heterocycles. The minimum absolute atomic E-state index is 0.495. The van der Waals surface area contributed by atoms with Crippen LogP contribution in [0.2, 0.25) is 0 Å². The molecule has 0 aromatic carbocycles. The Kier molecular flexibility index (Phi) is 12.0. The van der Waals surface area contributed by atoms with Crippen LogP contribution in [0.15, 0.2) is 0 Å². The van der Waals surface area contributed by atoms with Gasteiger partial charge in [0.15, 0.2) is 0 Å². The first kappa shape index (κ1) is 29.4. The topological polar surface area (TPSA) is 13.0 Å². The van der Waals surface area contributed by atoms with Gasteiger partial charge in [0.2, 0.25) is 0 Å². The quantitative estimate of drug-likeness (QED) is 0.328. The van der Waals surface area contributed by atoms with Crippen LogP contribution in [0, 0.1) is 0 Å². The van der Waals surface area contributed by atoms with Crippen molar-refractivity contribution in [1.29, 1.82) is 0 Å². The molecule has 176 valence electrons. The van der Waals surface area contributed by atoms with Crippen LogP contribution >= 0.6 is 0 Å². The predicted octanol–water partition coefficient (Wildman–Crippen LogP) is 5.90. The maximum atomic E-state index is 2.96. The summed E-state index contributed by atoms with van der Waals surface area (Å²) in [5.74, 6) is 0. The molecule has 0 N–H and O–H groups in total. The monoisotopic (exact) mass is 474 g/mol. The van der Waals surface area contributed by atoms with Crippen LogP contribution in [0.5, 0.6) is 0 Å². The maximum absolute atomic E-state index is 3.24. The molecule has 0 bridgehead atoms. The molecule has 0 radical (unpaired) electrons. The zero-order valence-corrected chi connectivity index (χ0v) is 25.0. The second-order valence-corrected chi connectivity index (χ2v) is 17.8. The summed E-state index contributed by atoms with van der Waals surface area (Å²) < 4.78 is 11.8. The molecule has 0 atom stereocenters. The van der Waals surface area contributed by atoms with Gasteiger partial charge in [0.1, 0.15) is 0 Å². The van der Waals surface area contributed by atoms with Gasteiger partial charge in [-0.1, -0.05) is 0 Å². The van der Waals surface area contributed by atoms with Crippen LogP contribution in [0.4, 0.5) is 0 Å². The van der Waals surface area contributed by atoms with Crippen molar-refractivity contribution in [2.45, 2.75) is 159 Å². The zero-order chi connectivity index (χ0) is 23.4. The van der Waals surface area contributed by atoms with Gasteiger partial charge in [-0.3, -0.25) is 0 Å². The predicted molar refractivity (Wildman–Crippen MR) is 134 cm³/mol. The summed E-state index contributed by atoms with van der Waals surface area (Å²) in [6, 6.07) is 3.96. The fraction of sp³-hybridized carbons (Fsp3) is 1.00. The molecule has 29 heavy (non-hydrogen) atoms. The summed E-state index contributed by atoms with van der Waals surface area (Å²) in [7, 11) is 0. The van der Waals surface area contributed by atoms with E-state index in [9.17, 15) is 0 Å². The van der Waals surface area contributed by atoms with Crippen LogP contribution in [0.3, 0.4) is 0 Å². The van der Waals surface area contributed by atoms with E-state index in [1.54, 1.807) is 0 Å². The SMILES string of the molecule is CC(C)[N](C(C)C)[Ge]([N](C(C)C)C(C)C)([N](C(C)C)C(C)C)[N](C(C)C)C(C)C. The average molecular weight is 473 g/mol. The van der Waals surface area contributed by atoms with Crippen molar-refractivity contribution in [2.75, 3.05) is 0 Å². The van der Waals surface area contributed by atoms with Gasteiger partial charge in [-0.25, -0.2) is 0 Å². The van der Waals surface area contributed by atoms with Gasteiger partial charge in [-0.15, -0.1) is 0 Å². The normalized spacial score (nSPS) is 14.5. The van der Waals surface area contributed by atoms with Crippen molar-refractivity contribution in [1.82, 2.24) is 15.4 Å². The average Bonchev–Trinajstić information content (AvgIpc) is 2.42. The standard InChI is InChI=1S/C24H56GeN4/c1-17(2)26(18(3)4)25(27(19(5)6)20(7)8,28(21(9)10)22(11)12)29(23(13)14)24(15)16/h17-24H,1-16H3. The van der Waals surface area contributed by atoms with Crippen molar-refractivity contribution < 1.29 is 0 Å². The van der Waals surface area contributed by atoms with Gasteiger partial charge >= 0.3 is 189 Å². The number of nitrogens with zero attached hydrogens (tertiary/aromatic N) is 4. The van der Waals surface area contributed by atoms with Gasteiger partial charge in [0.05, 0.1) is 0 Å². The number of rotatable bonds is 12. The first-order valence-electron chi connectivity index (χ1n) is 12.2. The Balaban J connectivity index is 7.65. The summed E-state index contributed by atoms with van der Waals surface area (Å²) in [5, 5.41) is 0. The van der Waals surface area contributed by atoms with Crippen molar-refractivity contribution in [2.24, 2.45) is 0 Å². The third-order valence-corrected chi connectivity index (χ3v) is 20.3. The van der Waals surface area contributed by atoms with E-state index >= 15 is 0 Å². The van der Waals surface area contributed by atoms with Crippen LogP contribution in [0.25, 0.3) is 0 Å². The molecule has 0 fully saturated rings. The summed E-state index contributed by atoms with van der Waals surface area (Å²) in [6.45, 7) is 38.6. The van der Waals surface area contributed by atoms with E-state index in [1.165, 1.54) is 0 Å². The number of hydrogen-bond donors (Lipinski definition) is 0. The van der Waals surface area contributed by atoms with E-state index < -0.39 is 14.2 Å². The Morgan fingerprint density at radius 2 is 0.379 bits per heavy atom. The minimum atomic E-state index is -3.24. The van der Waals surface area contributed by atoms with Crippen molar-refractivity contribution in [3.05, 3.63) is 0 Å². The van der Waals surface area contributed by atoms with E-state index in [1.807, 2.05) is 0 Å². The number of hydrogen-bond acceptors (Lipinski definition) is 4. The molecule has 0 heterocycles. The van der Waals surface area contributed by atoms with Crippen molar-refractivity contribution in [3.63, 3.8) is 0 Å². The summed E-state index contributed by atoms with van der Waals surface area (Å²) in [5.41, 5.74) is 0. The second kappa shape index (κ2) is 11.8. The van der Waals surface area contributed by atoms with Gasteiger partial charge < -0.3 is 0 Å². The van der Waals surface area contributed by atoms with Gasteiger partial charge in [0, 0.05) is 0 Å². The van der Waals surface area contributed by atoms with Gasteiger partial charge in [-0.2, -0.15) is 0 Å². The molecule has 0 aliphatic heterocycles. The third-order valence-electron chi connectivity index (χ3n) is 5.84. The summed E-state index contributed by atoms with van der Waals surface area (Å²) in [6.07, 6.45) is 0. The molecule has 4 nitrogen and oxygen atoms in total. The first-order valence-corrected chi connectivity index (χ1v) is 16.0. The molecule has 0 aromatic rings. The summed E-state index contributed by atoms with van der Waals surface area (Å²) >= 11 is -3.24. The van der Waals surface area contributed by atoms with Crippen LogP contribution < -0.4 is 0 Å². The van der Waals surface area contributed by atoms with Crippen molar-refractivity contribution in [3.8, 4) is 0 Å². The molecule has 0 rings (SSSR count).